The third kappa shape index (κ3) is 5.74. The van der Waals surface area contributed by atoms with Crippen molar-refractivity contribution < 1.29 is 4.74 Å². The number of halogens is 1. The lowest BCUT2D eigenvalue weighted by molar-refractivity contribution is 0.415. The van der Waals surface area contributed by atoms with Crippen molar-refractivity contribution >= 4 is 47.1 Å². The molecule has 0 unspecified atom stereocenters. The highest BCUT2D eigenvalue weighted by atomic mass is 127. The molecule has 0 aliphatic rings. The van der Waals surface area contributed by atoms with Gasteiger partial charge in [0, 0.05) is 29.2 Å². The van der Waals surface area contributed by atoms with E-state index >= 15 is 0 Å². The summed E-state index contributed by atoms with van der Waals surface area (Å²) >= 11 is 0. The molecule has 1 aromatic heterocycles. The Hall–Kier alpha value is -1.77. The number of methoxy groups -OCH3 is 1. The van der Waals surface area contributed by atoms with Crippen LogP contribution in [0.25, 0.3) is 10.9 Å². The fourth-order valence-corrected chi connectivity index (χ4v) is 2.15. The van der Waals surface area contributed by atoms with E-state index in [1.165, 1.54) is 12.8 Å². The minimum absolute atomic E-state index is 0. The highest BCUT2D eigenvalue weighted by molar-refractivity contribution is 14.0. The van der Waals surface area contributed by atoms with Gasteiger partial charge in [0.15, 0.2) is 0 Å². The summed E-state index contributed by atoms with van der Waals surface area (Å²) in [5.74, 6) is 1.02. The Labute approximate surface area is 153 Å². The largest absolute Gasteiger partial charge is 0.497 e. The van der Waals surface area contributed by atoms with Gasteiger partial charge in [0.2, 0.25) is 5.96 Å². The predicted octanol–water partition coefficient (Wildman–Crippen LogP) is 3.43. The van der Waals surface area contributed by atoms with Crippen LogP contribution in [0.1, 0.15) is 31.7 Å². The van der Waals surface area contributed by atoms with Crippen LogP contribution in [0.15, 0.2) is 29.5 Å². The molecule has 0 spiro atoms. The fraction of sp³-hybridized carbons (Fsp3) is 0.375. The van der Waals surface area contributed by atoms with Crippen LogP contribution in [0.4, 0.5) is 0 Å². The average molecular weight is 429 g/mol. The molecule has 2 aromatic rings. The van der Waals surface area contributed by atoms with Crippen molar-refractivity contribution in [3.05, 3.63) is 30.0 Å². The summed E-state index contributed by atoms with van der Waals surface area (Å²) in [5, 5.41) is 15.8. The van der Waals surface area contributed by atoms with Gasteiger partial charge in [0.05, 0.1) is 13.3 Å². The Morgan fingerprint density at radius 3 is 2.96 bits per heavy atom. The van der Waals surface area contributed by atoms with Crippen LogP contribution in [0, 0.1) is 5.41 Å². The van der Waals surface area contributed by atoms with Crippen molar-refractivity contribution in [1.82, 2.24) is 15.7 Å². The second-order valence-corrected chi connectivity index (χ2v) is 5.03. The Morgan fingerprint density at radius 2 is 2.22 bits per heavy atom. The number of unbranched alkanes of at least 4 members (excludes halogenated alkanes) is 2. The van der Waals surface area contributed by atoms with Crippen LogP contribution in [0.5, 0.6) is 5.75 Å². The van der Waals surface area contributed by atoms with E-state index in [4.69, 9.17) is 10.1 Å². The molecule has 6 nitrogen and oxygen atoms in total. The lowest BCUT2D eigenvalue weighted by Crippen LogP contribution is -2.33. The maximum absolute atomic E-state index is 7.72. The molecule has 2 rings (SSSR count). The molecule has 1 aromatic carbocycles. The number of benzene rings is 1. The standard InChI is InChI=1S/C16H23N5O.HI/c1-3-4-5-8-18-16(17)21-20-11-12-10-19-15-7-6-13(22-2)9-14(12)15;/h6-7,9-11,19H,3-5,8H2,1-2H3,(H3,17,18,21);1H/b20-11+;. The first-order chi connectivity index (χ1) is 10.7. The molecule has 0 aliphatic carbocycles. The normalized spacial score (nSPS) is 10.5. The van der Waals surface area contributed by atoms with Gasteiger partial charge in [-0.2, -0.15) is 5.10 Å². The highest BCUT2D eigenvalue weighted by Gasteiger charge is 2.03. The number of guanidine groups is 1. The molecule has 0 aliphatic heterocycles. The molecule has 0 amide bonds. The summed E-state index contributed by atoms with van der Waals surface area (Å²) in [6.07, 6.45) is 6.98. The third-order valence-corrected chi connectivity index (χ3v) is 3.38. The molecule has 0 bridgehead atoms. The number of aromatic amines is 1. The smallest absolute Gasteiger partial charge is 0.209 e. The minimum Gasteiger partial charge on any atom is -0.497 e. The second-order valence-electron chi connectivity index (χ2n) is 5.03. The van der Waals surface area contributed by atoms with Crippen molar-refractivity contribution in [3.8, 4) is 5.75 Å². The van der Waals surface area contributed by atoms with Crippen LogP contribution in [0.2, 0.25) is 0 Å². The number of hydrazone groups is 1. The zero-order chi connectivity index (χ0) is 15.8. The van der Waals surface area contributed by atoms with E-state index in [2.05, 4.69) is 27.8 Å². The molecular formula is C16H24IN5O. The molecule has 0 saturated heterocycles. The lowest BCUT2D eigenvalue weighted by atomic mass is 10.2. The molecule has 0 radical (unpaired) electrons. The first-order valence-corrected chi connectivity index (χ1v) is 7.51. The number of nitrogens with one attached hydrogen (secondary N) is 4. The molecule has 4 N–H and O–H groups in total. The van der Waals surface area contributed by atoms with Crippen molar-refractivity contribution in [3.63, 3.8) is 0 Å². The molecule has 0 atom stereocenters. The topological polar surface area (TPSA) is 85.3 Å². The number of ether oxygens (including phenoxy) is 1. The van der Waals surface area contributed by atoms with E-state index in [1.807, 2.05) is 24.4 Å². The second kappa shape index (κ2) is 10.1. The Bertz CT molecular complexity index is 653. The van der Waals surface area contributed by atoms with Crippen LogP contribution >= 0.6 is 24.0 Å². The van der Waals surface area contributed by atoms with Gasteiger partial charge in [0.25, 0.3) is 0 Å². The van der Waals surface area contributed by atoms with E-state index in [-0.39, 0.29) is 29.9 Å². The van der Waals surface area contributed by atoms with Gasteiger partial charge in [-0.25, -0.2) is 5.43 Å². The van der Waals surface area contributed by atoms with Crippen LogP contribution in [0.3, 0.4) is 0 Å². The van der Waals surface area contributed by atoms with Gasteiger partial charge in [-0.3, -0.25) is 5.41 Å². The van der Waals surface area contributed by atoms with E-state index < -0.39 is 0 Å². The Morgan fingerprint density at radius 1 is 1.39 bits per heavy atom. The third-order valence-electron chi connectivity index (χ3n) is 3.38. The monoisotopic (exact) mass is 429 g/mol. The summed E-state index contributed by atoms with van der Waals surface area (Å²) in [5.41, 5.74) is 4.66. The molecule has 0 saturated carbocycles. The number of rotatable bonds is 7. The van der Waals surface area contributed by atoms with Crippen molar-refractivity contribution in [1.29, 1.82) is 5.41 Å². The molecule has 7 heteroatoms. The fourth-order valence-electron chi connectivity index (χ4n) is 2.15. The van der Waals surface area contributed by atoms with Gasteiger partial charge in [-0.05, 0) is 24.6 Å². The molecule has 1 heterocycles. The maximum Gasteiger partial charge on any atom is 0.209 e. The molecular weight excluding hydrogens is 405 g/mol. The quantitative estimate of drug-likeness (QED) is 0.179. The summed E-state index contributed by atoms with van der Waals surface area (Å²) in [7, 11) is 1.65. The maximum atomic E-state index is 7.72. The van der Waals surface area contributed by atoms with Crippen LogP contribution in [-0.4, -0.2) is 30.8 Å². The highest BCUT2D eigenvalue weighted by Crippen LogP contribution is 2.22. The molecule has 0 fully saturated rings. The number of nitrogens with zero attached hydrogens (tertiary/aromatic N) is 1. The van der Waals surface area contributed by atoms with E-state index in [0.717, 1.165) is 35.2 Å². The minimum atomic E-state index is 0. The lowest BCUT2D eigenvalue weighted by Gasteiger charge is -2.05. The van der Waals surface area contributed by atoms with Crippen molar-refractivity contribution in [2.75, 3.05) is 13.7 Å². The average Bonchev–Trinajstić information content (AvgIpc) is 2.94. The number of hydrogen-bond acceptors (Lipinski definition) is 3. The van der Waals surface area contributed by atoms with Crippen LogP contribution in [-0.2, 0) is 0 Å². The first-order valence-electron chi connectivity index (χ1n) is 7.51. The van der Waals surface area contributed by atoms with Gasteiger partial charge in [0.1, 0.15) is 5.75 Å². The zero-order valence-electron chi connectivity index (χ0n) is 13.5. The molecule has 23 heavy (non-hydrogen) atoms. The van der Waals surface area contributed by atoms with Gasteiger partial charge < -0.3 is 15.0 Å². The predicted molar refractivity (Wildman–Crippen MR) is 106 cm³/mol. The van der Waals surface area contributed by atoms with E-state index in [1.54, 1.807) is 13.3 Å². The SMILES string of the molecule is CCCCCNC(=N)N/N=C/c1c[nH]c2ccc(OC)cc12.I. The van der Waals surface area contributed by atoms with E-state index in [9.17, 15) is 0 Å². The number of aromatic nitrogens is 1. The Balaban J connectivity index is 0.00000264. The number of H-pyrrole nitrogens is 1. The van der Waals surface area contributed by atoms with Crippen molar-refractivity contribution in [2.45, 2.75) is 26.2 Å². The number of fused-ring (bicyclic) bond motifs is 1. The Kier molecular flexibility index (Phi) is 8.46. The summed E-state index contributed by atoms with van der Waals surface area (Å²) in [4.78, 5) is 3.18. The van der Waals surface area contributed by atoms with Crippen molar-refractivity contribution in [2.24, 2.45) is 5.10 Å². The van der Waals surface area contributed by atoms with Gasteiger partial charge >= 0.3 is 0 Å². The summed E-state index contributed by atoms with van der Waals surface area (Å²) in [6.45, 7) is 2.95. The van der Waals surface area contributed by atoms with E-state index in [0.29, 0.717) is 0 Å². The summed E-state index contributed by atoms with van der Waals surface area (Å²) in [6, 6.07) is 5.84. The zero-order valence-corrected chi connectivity index (χ0v) is 15.8. The summed E-state index contributed by atoms with van der Waals surface area (Å²) < 4.78 is 5.24. The van der Waals surface area contributed by atoms with Crippen LogP contribution < -0.4 is 15.5 Å². The number of hydrogen-bond donors (Lipinski definition) is 4. The van der Waals surface area contributed by atoms with Gasteiger partial charge in [-0.15, -0.1) is 24.0 Å². The molecule has 126 valence electrons. The first kappa shape index (κ1) is 19.3. The van der Waals surface area contributed by atoms with Gasteiger partial charge in [-0.1, -0.05) is 19.8 Å².